The minimum Gasteiger partial charge on any atom is -0.375 e. The van der Waals surface area contributed by atoms with E-state index in [0.717, 1.165) is 31.5 Å². The first-order valence-electron chi connectivity index (χ1n) is 10.4. The molecule has 7 nitrogen and oxygen atoms in total. The van der Waals surface area contributed by atoms with Crippen molar-refractivity contribution < 1.29 is 19.1 Å². The van der Waals surface area contributed by atoms with Crippen LogP contribution in [0, 0.1) is 12.8 Å². The van der Waals surface area contributed by atoms with E-state index in [0.29, 0.717) is 31.5 Å². The van der Waals surface area contributed by atoms with Crippen LogP contribution < -0.4 is 5.32 Å². The third-order valence-corrected chi connectivity index (χ3v) is 5.92. The number of ether oxygens (including phenoxy) is 1. The van der Waals surface area contributed by atoms with E-state index in [1.807, 2.05) is 24.0 Å². The molecule has 1 atom stereocenters. The van der Waals surface area contributed by atoms with Crippen LogP contribution >= 0.6 is 0 Å². The maximum atomic E-state index is 13.2. The number of aryl methyl sites for hydroxylation is 1. The highest BCUT2D eigenvalue weighted by Crippen LogP contribution is 2.24. The van der Waals surface area contributed by atoms with Crippen molar-refractivity contribution in [3.05, 3.63) is 35.4 Å². The van der Waals surface area contributed by atoms with Gasteiger partial charge in [0.2, 0.25) is 11.8 Å². The number of carbonyl (C=O) groups excluding carboxylic acids is 3. The van der Waals surface area contributed by atoms with Crippen LogP contribution in [0.25, 0.3) is 0 Å². The zero-order chi connectivity index (χ0) is 20.8. The second kappa shape index (κ2) is 9.87. The lowest BCUT2D eigenvalue weighted by atomic mass is 9.88. The Balaban J connectivity index is 1.70. The third kappa shape index (κ3) is 5.35. The number of nitrogens with one attached hydrogen (secondary N) is 1. The van der Waals surface area contributed by atoms with Crippen LogP contribution in [0.1, 0.15) is 41.6 Å². The van der Waals surface area contributed by atoms with Gasteiger partial charge < -0.3 is 19.9 Å². The molecule has 0 spiro atoms. The molecule has 1 unspecified atom stereocenters. The zero-order valence-electron chi connectivity index (χ0n) is 17.4. The van der Waals surface area contributed by atoms with Crippen molar-refractivity contribution in [3.8, 4) is 0 Å². The molecule has 3 amide bonds. The first-order chi connectivity index (χ1) is 14.0. The Morgan fingerprint density at radius 3 is 2.24 bits per heavy atom. The number of piperidine rings is 1. The van der Waals surface area contributed by atoms with Gasteiger partial charge in [0, 0.05) is 38.9 Å². The van der Waals surface area contributed by atoms with Crippen LogP contribution in [0.5, 0.6) is 0 Å². The minimum atomic E-state index is -0.554. The van der Waals surface area contributed by atoms with Gasteiger partial charge in [-0.2, -0.15) is 0 Å². The Bertz CT molecular complexity index is 720. The summed E-state index contributed by atoms with van der Waals surface area (Å²) >= 11 is 0. The molecule has 0 saturated carbocycles. The van der Waals surface area contributed by atoms with Gasteiger partial charge in [-0.25, -0.2) is 0 Å². The fourth-order valence-corrected chi connectivity index (χ4v) is 4.14. The number of hydrogen-bond donors (Lipinski definition) is 1. The zero-order valence-corrected chi connectivity index (χ0v) is 17.4. The summed E-state index contributed by atoms with van der Waals surface area (Å²) in [7, 11) is 1.51. The molecule has 0 aromatic heterocycles. The van der Waals surface area contributed by atoms with Crippen LogP contribution in [-0.2, 0) is 14.3 Å². The molecule has 2 aliphatic rings. The molecule has 2 aliphatic heterocycles. The van der Waals surface area contributed by atoms with E-state index < -0.39 is 6.04 Å². The lowest BCUT2D eigenvalue weighted by Gasteiger charge is -2.37. The predicted octanol–water partition coefficient (Wildman–Crippen LogP) is 1.60. The van der Waals surface area contributed by atoms with Crippen LogP contribution in [0.2, 0.25) is 0 Å². The number of methoxy groups -OCH3 is 1. The SMILES string of the molecule is COCC(=O)N1CCC(C(NC(=O)c2ccc(C)cc2)C(=O)N2CCCC2)CC1. The summed E-state index contributed by atoms with van der Waals surface area (Å²) in [6.07, 6.45) is 3.39. The largest absolute Gasteiger partial charge is 0.375 e. The Morgan fingerprint density at radius 2 is 1.66 bits per heavy atom. The number of benzene rings is 1. The molecule has 7 heteroatoms. The molecular weight excluding hydrogens is 370 g/mol. The summed E-state index contributed by atoms with van der Waals surface area (Å²) in [5.41, 5.74) is 1.64. The quantitative estimate of drug-likeness (QED) is 0.785. The van der Waals surface area contributed by atoms with Crippen molar-refractivity contribution in [1.82, 2.24) is 15.1 Å². The molecule has 2 saturated heterocycles. The fourth-order valence-electron chi connectivity index (χ4n) is 4.14. The van der Waals surface area contributed by atoms with Gasteiger partial charge in [-0.05, 0) is 50.7 Å². The van der Waals surface area contributed by atoms with E-state index in [9.17, 15) is 14.4 Å². The Labute approximate surface area is 172 Å². The average molecular weight is 402 g/mol. The Kier molecular flexibility index (Phi) is 7.25. The first-order valence-corrected chi connectivity index (χ1v) is 10.4. The van der Waals surface area contributed by atoms with Crippen molar-refractivity contribution in [1.29, 1.82) is 0 Å². The van der Waals surface area contributed by atoms with Gasteiger partial charge in [-0.1, -0.05) is 17.7 Å². The maximum absolute atomic E-state index is 13.2. The summed E-state index contributed by atoms with van der Waals surface area (Å²) < 4.78 is 4.94. The number of hydrogen-bond acceptors (Lipinski definition) is 4. The molecule has 1 aromatic carbocycles. The molecule has 29 heavy (non-hydrogen) atoms. The van der Waals surface area contributed by atoms with Crippen molar-refractivity contribution in [2.45, 2.75) is 38.6 Å². The average Bonchev–Trinajstić information content (AvgIpc) is 3.27. The first kappa shape index (κ1) is 21.3. The molecule has 0 aliphatic carbocycles. The standard InChI is InChI=1S/C22H31N3O4/c1-16-5-7-18(8-6-16)21(27)23-20(22(28)25-11-3-4-12-25)17-9-13-24(14-10-17)19(26)15-29-2/h5-8,17,20H,3-4,9-15H2,1-2H3,(H,23,27). The molecule has 2 heterocycles. The van der Waals surface area contributed by atoms with E-state index in [2.05, 4.69) is 5.32 Å². The van der Waals surface area contributed by atoms with E-state index in [4.69, 9.17) is 4.74 Å². The van der Waals surface area contributed by atoms with E-state index >= 15 is 0 Å². The fraction of sp³-hybridized carbons (Fsp3) is 0.591. The van der Waals surface area contributed by atoms with Gasteiger partial charge >= 0.3 is 0 Å². The summed E-state index contributed by atoms with van der Waals surface area (Å²) in [4.78, 5) is 41.7. The molecule has 1 aromatic rings. The van der Waals surface area contributed by atoms with E-state index in [1.54, 1.807) is 17.0 Å². The van der Waals surface area contributed by atoms with Crippen LogP contribution in [0.4, 0.5) is 0 Å². The molecule has 2 fully saturated rings. The van der Waals surface area contributed by atoms with Gasteiger partial charge in [-0.3, -0.25) is 14.4 Å². The second-order valence-electron chi connectivity index (χ2n) is 8.00. The molecule has 1 N–H and O–H groups in total. The number of nitrogens with zero attached hydrogens (tertiary/aromatic N) is 2. The summed E-state index contributed by atoms with van der Waals surface area (Å²) in [6, 6.07) is 6.81. The smallest absolute Gasteiger partial charge is 0.251 e. The Hall–Kier alpha value is -2.41. The lowest BCUT2D eigenvalue weighted by molar-refractivity contribution is -0.137. The summed E-state index contributed by atoms with van der Waals surface area (Å²) in [6.45, 7) is 4.71. The van der Waals surface area contributed by atoms with Crippen LogP contribution in [-0.4, -0.2) is 73.5 Å². The molecular formula is C22H31N3O4. The molecule has 158 valence electrons. The van der Waals surface area contributed by atoms with Crippen molar-refractivity contribution in [2.75, 3.05) is 39.9 Å². The second-order valence-corrected chi connectivity index (χ2v) is 8.00. The summed E-state index contributed by atoms with van der Waals surface area (Å²) in [5, 5.41) is 3.01. The van der Waals surface area contributed by atoms with Gasteiger partial charge in [-0.15, -0.1) is 0 Å². The van der Waals surface area contributed by atoms with Crippen molar-refractivity contribution in [2.24, 2.45) is 5.92 Å². The Morgan fingerprint density at radius 1 is 1.03 bits per heavy atom. The summed E-state index contributed by atoms with van der Waals surface area (Å²) in [5.74, 6) is -0.230. The number of rotatable bonds is 6. The van der Waals surface area contributed by atoms with Gasteiger partial charge in [0.05, 0.1) is 0 Å². The highest BCUT2D eigenvalue weighted by atomic mass is 16.5. The van der Waals surface area contributed by atoms with Crippen molar-refractivity contribution in [3.63, 3.8) is 0 Å². The third-order valence-electron chi connectivity index (χ3n) is 5.92. The van der Waals surface area contributed by atoms with Crippen LogP contribution in [0.3, 0.4) is 0 Å². The predicted molar refractivity (Wildman–Crippen MR) is 109 cm³/mol. The molecule has 0 bridgehead atoms. The van der Waals surface area contributed by atoms with Gasteiger partial charge in [0.1, 0.15) is 12.6 Å². The minimum absolute atomic E-state index is 0.00429. The van der Waals surface area contributed by atoms with E-state index in [-0.39, 0.29) is 30.2 Å². The monoisotopic (exact) mass is 401 g/mol. The topological polar surface area (TPSA) is 79.0 Å². The number of amides is 3. The van der Waals surface area contributed by atoms with Gasteiger partial charge in [0.25, 0.3) is 5.91 Å². The highest BCUT2D eigenvalue weighted by molar-refractivity contribution is 5.97. The molecule has 0 radical (unpaired) electrons. The number of carbonyl (C=O) groups is 3. The maximum Gasteiger partial charge on any atom is 0.251 e. The van der Waals surface area contributed by atoms with E-state index in [1.165, 1.54) is 7.11 Å². The van der Waals surface area contributed by atoms with Gasteiger partial charge in [0.15, 0.2) is 0 Å². The van der Waals surface area contributed by atoms with Crippen LogP contribution in [0.15, 0.2) is 24.3 Å². The lowest BCUT2D eigenvalue weighted by Crippen LogP contribution is -2.54. The van der Waals surface area contributed by atoms with Crippen molar-refractivity contribution >= 4 is 17.7 Å². The number of likely N-dealkylation sites (tertiary alicyclic amines) is 2. The molecule has 3 rings (SSSR count). The highest BCUT2D eigenvalue weighted by Gasteiger charge is 2.36. The normalized spacial score (nSPS) is 18.6.